The summed E-state index contributed by atoms with van der Waals surface area (Å²) in [4.78, 5) is 11.0. The molecule has 0 atom stereocenters. The first kappa shape index (κ1) is 13.8. The summed E-state index contributed by atoms with van der Waals surface area (Å²) in [5.74, 6) is -0.703. The molecule has 0 aromatic heterocycles. The second kappa shape index (κ2) is 6.02. The standard InChI is InChI=1S/C14H20FN3O/c1-9(19)17-14-8-12(6-7-13(14)15)18-11-4-2-10(16)3-5-11/h6-8,10-11,18H,2-5,16H2,1H3,(H,17,19). The van der Waals surface area contributed by atoms with Gasteiger partial charge in [0, 0.05) is 24.7 Å². The molecule has 0 radical (unpaired) electrons. The molecule has 0 unspecified atom stereocenters. The molecule has 0 bridgehead atoms. The van der Waals surface area contributed by atoms with Crippen LogP contribution in [-0.4, -0.2) is 18.0 Å². The van der Waals surface area contributed by atoms with Gasteiger partial charge in [-0.2, -0.15) is 0 Å². The zero-order chi connectivity index (χ0) is 13.8. The molecule has 2 rings (SSSR count). The van der Waals surface area contributed by atoms with Crippen LogP contribution in [0.1, 0.15) is 32.6 Å². The number of carbonyl (C=O) groups is 1. The predicted octanol–water partition coefficient (Wildman–Crippen LogP) is 2.47. The molecule has 1 fully saturated rings. The van der Waals surface area contributed by atoms with Gasteiger partial charge in [-0.1, -0.05) is 0 Å². The van der Waals surface area contributed by atoms with E-state index in [1.54, 1.807) is 12.1 Å². The van der Waals surface area contributed by atoms with Gasteiger partial charge < -0.3 is 16.4 Å². The van der Waals surface area contributed by atoms with Crippen LogP contribution in [0.25, 0.3) is 0 Å². The first-order chi connectivity index (χ1) is 9.04. The van der Waals surface area contributed by atoms with Crippen LogP contribution in [0.5, 0.6) is 0 Å². The number of halogens is 1. The van der Waals surface area contributed by atoms with Crippen molar-refractivity contribution in [3.05, 3.63) is 24.0 Å². The number of anilines is 2. The molecule has 1 amide bonds. The number of benzene rings is 1. The van der Waals surface area contributed by atoms with Crippen molar-refractivity contribution in [1.82, 2.24) is 0 Å². The Morgan fingerprint density at radius 1 is 1.32 bits per heavy atom. The lowest BCUT2D eigenvalue weighted by atomic mass is 9.91. The summed E-state index contributed by atoms with van der Waals surface area (Å²) in [7, 11) is 0. The van der Waals surface area contributed by atoms with Gasteiger partial charge in [-0.15, -0.1) is 0 Å². The summed E-state index contributed by atoms with van der Waals surface area (Å²) in [5, 5.41) is 5.85. The van der Waals surface area contributed by atoms with Crippen molar-refractivity contribution < 1.29 is 9.18 Å². The van der Waals surface area contributed by atoms with Gasteiger partial charge in [-0.05, 0) is 43.9 Å². The van der Waals surface area contributed by atoms with Crippen LogP contribution in [0.2, 0.25) is 0 Å². The predicted molar refractivity (Wildman–Crippen MR) is 74.6 cm³/mol. The Morgan fingerprint density at radius 2 is 2.00 bits per heavy atom. The van der Waals surface area contributed by atoms with Gasteiger partial charge in [0.15, 0.2) is 0 Å². The van der Waals surface area contributed by atoms with E-state index in [1.165, 1.54) is 13.0 Å². The van der Waals surface area contributed by atoms with E-state index in [1.807, 2.05) is 0 Å². The Labute approximate surface area is 112 Å². The second-order valence-electron chi connectivity index (χ2n) is 5.13. The molecule has 0 saturated heterocycles. The van der Waals surface area contributed by atoms with E-state index in [0.717, 1.165) is 31.4 Å². The number of nitrogens with two attached hydrogens (primary N) is 1. The molecule has 1 aromatic rings. The molecular weight excluding hydrogens is 245 g/mol. The Bertz CT molecular complexity index is 456. The fraction of sp³-hybridized carbons (Fsp3) is 0.500. The van der Waals surface area contributed by atoms with Crippen molar-refractivity contribution in [2.75, 3.05) is 10.6 Å². The van der Waals surface area contributed by atoms with E-state index in [-0.39, 0.29) is 11.6 Å². The van der Waals surface area contributed by atoms with Gasteiger partial charge in [0.25, 0.3) is 0 Å². The zero-order valence-corrected chi connectivity index (χ0v) is 11.1. The SMILES string of the molecule is CC(=O)Nc1cc(NC2CCC(N)CC2)ccc1F. The van der Waals surface area contributed by atoms with Crippen molar-refractivity contribution >= 4 is 17.3 Å². The van der Waals surface area contributed by atoms with Gasteiger partial charge in [0.05, 0.1) is 5.69 Å². The molecule has 1 aliphatic carbocycles. The number of hydrogen-bond acceptors (Lipinski definition) is 3. The summed E-state index contributed by atoms with van der Waals surface area (Å²) >= 11 is 0. The highest BCUT2D eigenvalue weighted by molar-refractivity contribution is 5.89. The zero-order valence-electron chi connectivity index (χ0n) is 11.1. The van der Waals surface area contributed by atoms with Crippen LogP contribution < -0.4 is 16.4 Å². The van der Waals surface area contributed by atoms with Crippen molar-refractivity contribution in [3.63, 3.8) is 0 Å². The number of amides is 1. The Hall–Kier alpha value is -1.62. The van der Waals surface area contributed by atoms with Crippen LogP contribution in [-0.2, 0) is 4.79 Å². The van der Waals surface area contributed by atoms with Gasteiger partial charge in [-0.25, -0.2) is 4.39 Å². The number of carbonyl (C=O) groups excluding carboxylic acids is 1. The fourth-order valence-electron chi connectivity index (χ4n) is 2.40. The summed E-state index contributed by atoms with van der Waals surface area (Å²) in [6.07, 6.45) is 4.07. The van der Waals surface area contributed by atoms with Crippen LogP contribution in [0, 0.1) is 5.82 Å². The van der Waals surface area contributed by atoms with Gasteiger partial charge in [-0.3, -0.25) is 4.79 Å². The molecule has 19 heavy (non-hydrogen) atoms. The third-order valence-corrected chi connectivity index (χ3v) is 3.42. The quantitative estimate of drug-likeness (QED) is 0.786. The average Bonchev–Trinajstić information content (AvgIpc) is 2.36. The second-order valence-corrected chi connectivity index (χ2v) is 5.13. The van der Waals surface area contributed by atoms with Crippen molar-refractivity contribution in [3.8, 4) is 0 Å². The van der Waals surface area contributed by atoms with E-state index in [2.05, 4.69) is 10.6 Å². The summed E-state index contributed by atoms with van der Waals surface area (Å²) in [6.45, 7) is 1.36. The summed E-state index contributed by atoms with van der Waals surface area (Å²) < 4.78 is 13.5. The average molecular weight is 265 g/mol. The third-order valence-electron chi connectivity index (χ3n) is 3.42. The third kappa shape index (κ3) is 3.92. The molecule has 1 saturated carbocycles. The van der Waals surface area contributed by atoms with Gasteiger partial charge in [0.2, 0.25) is 5.91 Å². The van der Waals surface area contributed by atoms with Crippen molar-refractivity contribution in [2.45, 2.75) is 44.7 Å². The maximum Gasteiger partial charge on any atom is 0.221 e. The van der Waals surface area contributed by atoms with E-state index in [0.29, 0.717) is 12.1 Å². The first-order valence-corrected chi connectivity index (χ1v) is 6.64. The Kier molecular flexibility index (Phi) is 4.37. The smallest absolute Gasteiger partial charge is 0.221 e. The monoisotopic (exact) mass is 265 g/mol. The lowest BCUT2D eigenvalue weighted by molar-refractivity contribution is -0.114. The molecule has 0 heterocycles. The Balaban J connectivity index is 2.02. The largest absolute Gasteiger partial charge is 0.382 e. The molecule has 1 aromatic carbocycles. The summed E-state index contributed by atoms with van der Waals surface area (Å²) in [5.41, 5.74) is 6.90. The van der Waals surface area contributed by atoms with E-state index in [9.17, 15) is 9.18 Å². The highest BCUT2D eigenvalue weighted by Crippen LogP contribution is 2.24. The van der Waals surface area contributed by atoms with E-state index >= 15 is 0 Å². The lowest BCUT2D eigenvalue weighted by Crippen LogP contribution is -2.32. The maximum absolute atomic E-state index is 13.5. The number of nitrogens with one attached hydrogen (secondary N) is 2. The fourth-order valence-corrected chi connectivity index (χ4v) is 2.40. The Morgan fingerprint density at radius 3 is 2.63 bits per heavy atom. The molecule has 104 valence electrons. The molecule has 1 aliphatic rings. The van der Waals surface area contributed by atoms with Crippen LogP contribution >= 0.6 is 0 Å². The molecule has 4 nitrogen and oxygen atoms in total. The minimum Gasteiger partial charge on any atom is -0.382 e. The summed E-state index contributed by atoms with van der Waals surface area (Å²) in [6, 6.07) is 5.36. The molecule has 5 heteroatoms. The van der Waals surface area contributed by atoms with Crippen LogP contribution in [0.15, 0.2) is 18.2 Å². The minimum absolute atomic E-state index is 0.213. The number of hydrogen-bond donors (Lipinski definition) is 3. The van der Waals surface area contributed by atoms with Gasteiger partial charge >= 0.3 is 0 Å². The maximum atomic E-state index is 13.5. The molecule has 4 N–H and O–H groups in total. The van der Waals surface area contributed by atoms with Crippen LogP contribution in [0.4, 0.5) is 15.8 Å². The van der Waals surface area contributed by atoms with Crippen LogP contribution in [0.3, 0.4) is 0 Å². The minimum atomic E-state index is -0.425. The van der Waals surface area contributed by atoms with Crippen molar-refractivity contribution in [2.24, 2.45) is 5.73 Å². The molecular formula is C14H20FN3O. The highest BCUT2D eigenvalue weighted by Gasteiger charge is 2.18. The van der Waals surface area contributed by atoms with Gasteiger partial charge in [0.1, 0.15) is 5.82 Å². The van der Waals surface area contributed by atoms with E-state index in [4.69, 9.17) is 5.73 Å². The first-order valence-electron chi connectivity index (χ1n) is 6.64. The topological polar surface area (TPSA) is 67.2 Å². The lowest BCUT2D eigenvalue weighted by Gasteiger charge is -2.27. The molecule has 0 aliphatic heterocycles. The normalized spacial score (nSPS) is 22.9. The van der Waals surface area contributed by atoms with E-state index < -0.39 is 5.82 Å². The molecule has 0 spiro atoms. The highest BCUT2D eigenvalue weighted by atomic mass is 19.1. The number of rotatable bonds is 3. The van der Waals surface area contributed by atoms with Crippen molar-refractivity contribution in [1.29, 1.82) is 0 Å².